The third-order valence-corrected chi connectivity index (χ3v) is 6.93. The first-order chi connectivity index (χ1) is 13.9. The fraction of sp³-hybridized carbons (Fsp3) is 0.400. The van der Waals surface area contributed by atoms with Crippen LogP contribution >= 0.6 is 0 Å². The van der Waals surface area contributed by atoms with Gasteiger partial charge in [0, 0.05) is 18.0 Å². The Morgan fingerprint density at radius 2 is 2.14 bits per heavy atom. The second-order valence-corrected chi connectivity index (χ2v) is 9.47. The topological polar surface area (TPSA) is 99.2 Å². The molecule has 1 saturated heterocycles. The first-order valence-corrected chi connectivity index (χ1v) is 11.4. The van der Waals surface area contributed by atoms with Crippen LogP contribution in [0.25, 0.3) is 17.1 Å². The Hall–Kier alpha value is -2.65. The number of hydrogen-bond donors (Lipinski definition) is 1. The molecular formula is C20H24N4O4S. The molecule has 2 aromatic heterocycles. The van der Waals surface area contributed by atoms with E-state index in [-0.39, 0.29) is 30.8 Å². The monoisotopic (exact) mass is 416 g/mol. The average molecular weight is 417 g/mol. The molecule has 1 unspecified atom stereocenters. The van der Waals surface area contributed by atoms with Crippen LogP contribution in [0.15, 0.2) is 36.7 Å². The Labute approximate surface area is 169 Å². The lowest BCUT2D eigenvalue weighted by atomic mass is 10.2. The Kier molecular flexibility index (Phi) is 5.18. The third-order valence-electron chi connectivity index (χ3n) is 5.17. The van der Waals surface area contributed by atoms with Gasteiger partial charge in [-0.05, 0) is 32.4 Å². The van der Waals surface area contributed by atoms with E-state index in [9.17, 15) is 8.42 Å². The van der Waals surface area contributed by atoms with Crippen LogP contribution in [0.3, 0.4) is 0 Å². The summed E-state index contributed by atoms with van der Waals surface area (Å²) in [7, 11) is -2.99. The molecule has 1 aliphatic rings. The quantitative estimate of drug-likeness (QED) is 0.661. The van der Waals surface area contributed by atoms with Crippen molar-refractivity contribution in [3.8, 4) is 22.8 Å². The molecule has 9 heteroatoms. The van der Waals surface area contributed by atoms with Crippen molar-refractivity contribution >= 4 is 9.84 Å². The molecule has 8 nitrogen and oxygen atoms in total. The summed E-state index contributed by atoms with van der Waals surface area (Å²) in [6, 6.07) is 7.42. The van der Waals surface area contributed by atoms with E-state index in [0.29, 0.717) is 12.2 Å². The van der Waals surface area contributed by atoms with E-state index >= 15 is 0 Å². The number of aliphatic hydroxyl groups is 1. The molecule has 0 bridgehead atoms. The average Bonchev–Trinajstić information content (AvgIpc) is 3.37. The van der Waals surface area contributed by atoms with Crippen molar-refractivity contribution in [1.82, 2.24) is 19.3 Å². The summed E-state index contributed by atoms with van der Waals surface area (Å²) >= 11 is 0. The Morgan fingerprint density at radius 1 is 1.31 bits per heavy atom. The van der Waals surface area contributed by atoms with Gasteiger partial charge in [0.05, 0.1) is 41.2 Å². The maximum atomic E-state index is 11.9. The van der Waals surface area contributed by atoms with Crippen molar-refractivity contribution in [1.29, 1.82) is 0 Å². The molecule has 1 atom stereocenters. The van der Waals surface area contributed by atoms with Crippen molar-refractivity contribution in [2.24, 2.45) is 0 Å². The fourth-order valence-electron chi connectivity index (χ4n) is 3.91. The summed E-state index contributed by atoms with van der Waals surface area (Å²) < 4.78 is 33.2. The highest BCUT2D eigenvalue weighted by atomic mass is 32.2. The predicted molar refractivity (Wildman–Crippen MR) is 109 cm³/mol. The summed E-state index contributed by atoms with van der Waals surface area (Å²) in [6.07, 6.45) is 4.20. The minimum absolute atomic E-state index is 0.0483. The molecule has 3 heterocycles. The van der Waals surface area contributed by atoms with Gasteiger partial charge in [-0.3, -0.25) is 9.25 Å². The van der Waals surface area contributed by atoms with Crippen LogP contribution in [0.5, 0.6) is 5.75 Å². The summed E-state index contributed by atoms with van der Waals surface area (Å²) in [5.74, 6) is 1.74. The number of hydrogen-bond acceptors (Lipinski definition) is 6. The minimum Gasteiger partial charge on any atom is -0.491 e. The highest BCUT2D eigenvalue weighted by Crippen LogP contribution is 2.31. The van der Waals surface area contributed by atoms with Gasteiger partial charge in [-0.25, -0.2) is 13.4 Å². The Balaban J connectivity index is 1.72. The summed E-state index contributed by atoms with van der Waals surface area (Å²) in [4.78, 5) is 4.52. The second kappa shape index (κ2) is 7.64. The van der Waals surface area contributed by atoms with Gasteiger partial charge in [-0.2, -0.15) is 5.10 Å². The number of aromatic nitrogens is 4. The molecule has 1 aliphatic heterocycles. The van der Waals surface area contributed by atoms with E-state index in [1.165, 1.54) is 0 Å². The standard InChI is InChI=1S/C20H24N4O4S/c1-14-19(15(2)24(22-14)17-6-11-29(26,27)13-17)23-8-7-21-20(23)16-4-3-5-18(12-16)28-10-9-25/h3-5,7-8,12,17,25H,6,9-11,13H2,1-2H3. The van der Waals surface area contributed by atoms with Crippen molar-refractivity contribution in [2.75, 3.05) is 24.7 Å². The first kappa shape index (κ1) is 19.7. The Bertz CT molecular complexity index is 1130. The molecule has 154 valence electrons. The zero-order chi connectivity index (χ0) is 20.6. The third kappa shape index (κ3) is 3.79. The van der Waals surface area contributed by atoms with Crippen LogP contribution in [0.1, 0.15) is 23.9 Å². The van der Waals surface area contributed by atoms with Gasteiger partial charge in [0.1, 0.15) is 18.2 Å². The van der Waals surface area contributed by atoms with Gasteiger partial charge in [0.15, 0.2) is 9.84 Å². The summed E-state index contributed by atoms with van der Waals surface area (Å²) in [5, 5.41) is 13.6. The smallest absolute Gasteiger partial charge is 0.152 e. The normalized spacial score (nSPS) is 18.2. The number of imidazole rings is 1. The second-order valence-electron chi connectivity index (χ2n) is 7.24. The molecule has 1 fully saturated rings. The molecule has 3 aromatic rings. The van der Waals surface area contributed by atoms with Crippen molar-refractivity contribution in [2.45, 2.75) is 26.3 Å². The van der Waals surface area contributed by atoms with Gasteiger partial charge < -0.3 is 9.84 Å². The zero-order valence-corrected chi connectivity index (χ0v) is 17.3. The Morgan fingerprint density at radius 3 is 2.86 bits per heavy atom. The van der Waals surface area contributed by atoms with Crippen molar-refractivity contribution in [3.63, 3.8) is 0 Å². The van der Waals surface area contributed by atoms with Crippen molar-refractivity contribution in [3.05, 3.63) is 48.0 Å². The maximum Gasteiger partial charge on any atom is 0.152 e. The molecule has 4 rings (SSSR count). The number of benzene rings is 1. The SMILES string of the molecule is Cc1nn(C2CCS(=O)(=O)C2)c(C)c1-n1ccnc1-c1cccc(OCCO)c1. The minimum atomic E-state index is -2.99. The largest absolute Gasteiger partial charge is 0.491 e. The van der Waals surface area contributed by atoms with Crippen LogP contribution in [0.4, 0.5) is 0 Å². The lowest BCUT2D eigenvalue weighted by molar-refractivity contribution is 0.201. The van der Waals surface area contributed by atoms with E-state index in [0.717, 1.165) is 28.5 Å². The van der Waals surface area contributed by atoms with E-state index < -0.39 is 9.84 Å². The number of ether oxygens (including phenoxy) is 1. The van der Waals surface area contributed by atoms with Crippen LogP contribution in [0.2, 0.25) is 0 Å². The molecular weight excluding hydrogens is 392 g/mol. The summed E-state index contributed by atoms with van der Waals surface area (Å²) in [6.45, 7) is 4.07. The zero-order valence-electron chi connectivity index (χ0n) is 16.4. The van der Waals surface area contributed by atoms with Crippen LogP contribution in [-0.4, -0.2) is 57.6 Å². The van der Waals surface area contributed by atoms with Crippen LogP contribution < -0.4 is 4.74 Å². The number of sulfone groups is 1. The molecule has 1 aromatic carbocycles. The molecule has 0 spiro atoms. The van der Waals surface area contributed by atoms with E-state index in [4.69, 9.17) is 9.84 Å². The number of nitrogens with zero attached hydrogens (tertiary/aromatic N) is 4. The van der Waals surface area contributed by atoms with Crippen molar-refractivity contribution < 1.29 is 18.3 Å². The van der Waals surface area contributed by atoms with E-state index in [1.54, 1.807) is 6.20 Å². The summed E-state index contributed by atoms with van der Waals surface area (Å²) in [5.41, 5.74) is 3.51. The lowest BCUT2D eigenvalue weighted by Gasteiger charge is -2.13. The van der Waals surface area contributed by atoms with Crippen LogP contribution in [0, 0.1) is 13.8 Å². The van der Waals surface area contributed by atoms with Gasteiger partial charge in [-0.15, -0.1) is 0 Å². The molecule has 1 N–H and O–H groups in total. The fourth-order valence-corrected chi connectivity index (χ4v) is 5.60. The number of rotatable bonds is 6. The van der Waals surface area contributed by atoms with Gasteiger partial charge >= 0.3 is 0 Å². The molecule has 0 amide bonds. The highest BCUT2D eigenvalue weighted by molar-refractivity contribution is 7.91. The molecule has 0 radical (unpaired) electrons. The van der Waals surface area contributed by atoms with Crippen LogP contribution in [-0.2, 0) is 9.84 Å². The molecule has 29 heavy (non-hydrogen) atoms. The van der Waals surface area contributed by atoms with Gasteiger partial charge in [0.25, 0.3) is 0 Å². The number of aliphatic hydroxyl groups excluding tert-OH is 1. The van der Waals surface area contributed by atoms with Gasteiger partial charge in [-0.1, -0.05) is 12.1 Å². The van der Waals surface area contributed by atoms with Gasteiger partial charge in [0.2, 0.25) is 0 Å². The van der Waals surface area contributed by atoms with E-state index in [1.807, 2.05) is 53.6 Å². The molecule has 0 saturated carbocycles. The predicted octanol–water partition coefficient (Wildman–Crippen LogP) is 2.08. The highest BCUT2D eigenvalue weighted by Gasteiger charge is 2.32. The van der Waals surface area contributed by atoms with E-state index in [2.05, 4.69) is 10.1 Å². The maximum absolute atomic E-state index is 11.9. The number of aryl methyl sites for hydroxylation is 1. The first-order valence-electron chi connectivity index (χ1n) is 9.53. The lowest BCUT2D eigenvalue weighted by Crippen LogP contribution is -2.14. The molecule has 0 aliphatic carbocycles.